The van der Waals surface area contributed by atoms with Gasteiger partial charge in [0.05, 0.1) is 6.20 Å². The van der Waals surface area contributed by atoms with E-state index in [1.165, 1.54) is 19.3 Å². The summed E-state index contributed by atoms with van der Waals surface area (Å²) in [4.78, 5) is 8.89. The second-order valence-corrected chi connectivity index (χ2v) is 5.80. The lowest BCUT2D eigenvalue weighted by Gasteiger charge is -2.35. The maximum atomic E-state index is 5.49. The molecule has 3 unspecified atom stereocenters. The number of nitrogens with zero attached hydrogens (tertiary/aromatic N) is 3. The largest absolute Gasteiger partial charge is 0.364 e. The van der Waals surface area contributed by atoms with E-state index in [9.17, 15) is 0 Å². The zero-order chi connectivity index (χ0) is 14.1. The van der Waals surface area contributed by atoms with Gasteiger partial charge in [-0.05, 0) is 18.3 Å². The van der Waals surface area contributed by atoms with Crippen LogP contribution in [-0.2, 0) is 0 Å². The molecule has 0 aliphatic heterocycles. The standard InChI is InChI=1S/C14H22N6/c1-9-4-3-5-11(10(9)2)17-13-14-16-6-7-20(14)8-12(18-13)19-15/h6-11,19H,3-5,15H2,1-2H3,(H,17,18). The Kier molecular flexibility index (Phi) is 3.48. The van der Waals surface area contributed by atoms with Crippen LogP contribution in [0.2, 0.25) is 0 Å². The first-order valence-corrected chi connectivity index (χ1v) is 7.26. The molecule has 1 fully saturated rings. The predicted octanol–water partition coefficient (Wildman–Crippen LogP) is 2.25. The van der Waals surface area contributed by atoms with Crippen molar-refractivity contribution in [2.75, 3.05) is 10.7 Å². The molecule has 6 nitrogen and oxygen atoms in total. The van der Waals surface area contributed by atoms with Crippen LogP contribution < -0.4 is 16.6 Å². The molecule has 3 atom stereocenters. The van der Waals surface area contributed by atoms with E-state index in [0.717, 1.165) is 17.4 Å². The lowest BCUT2D eigenvalue weighted by atomic mass is 9.78. The number of nitrogen functional groups attached to an aromatic ring is 1. The van der Waals surface area contributed by atoms with Crippen molar-refractivity contribution in [1.29, 1.82) is 0 Å². The Morgan fingerprint density at radius 3 is 3.00 bits per heavy atom. The van der Waals surface area contributed by atoms with Crippen molar-refractivity contribution in [1.82, 2.24) is 14.4 Å². The lowest BCUT2D eigenvalue weighted by Crippen LogP contribution is -2.35. The lowest BCUT2D eigenvalue weighted by molar-refractivity contribution is 0.253. The van der Waals surface area contributed by atoms with Gasteiger partial charge in [-0.25, -0.2) is 15.8 Å². The molecule has 0 saturated heterocycles. The molecule has 0 spiro atoms. The van der Waals surface area contributed by atoms with Crippen molar-refractivity contribution < 1.29 is 0 Å². The minimum Gasteiger partial charge on any atom is -0.364 e. The molecule has 108 valence electrons. The highest BCUT2D eigenvalue weighted by atomic mass is 15.3. The molecule has 2 heterocycles. The van der Waals surface area contributed by atoms with Crippen LogP contribution in [0.4, 0.5) is 11.6 Å². The van der Waals surface area contributed by atoms with Gasteiger partial charge >= 0.3 is 0 Å². The number of hydrogen-bond acceptors (Lipinski definition) is 5. The van der Waals surface area contributed by atoms with Gasteiger partial charge in [0, 0.05) is 18.4 Å². The molecule has 4 N–H and O–H groups in total. The van der Waals surface area contributed by atoms with Crippen molar-refractivity contribution in [3.05, 3.63) is 18.6 Å². The smallest absolute Gasteiger partial charge is 0.180 e. The van der Waals surface area contributed by atoms with Gasteiger partial charge in [-0.2, -0.15) is 0 Å². The van der Waals surface area contributed by atoms with Crippen molar-refractivity contribution in [2.24, 2.45) is 17.7 Å². The molecule has 0 bridgehead atoms. The average Bonchev–Trinajstić information content (AvgIpc) is 2.92. The molecule has 2 aromatic rings. The third-order valence-corrected chi connectivity index (χ3v) is 4.55. The summed E-state index contributed by atoms with van der Waals surface area (Å²) in [5, 5.41) is 3.57. The number of anilines is 2. The number of rotatable bonds is 3. The molecule has 0 amide bonds. The van der Waals surface area contributed by atoms with Crippen molar-refractivity contribution in [2.45, 2.75) is 39.2 Å². The summed E-state index contributed by atoms with van der Waals surface area (Å²) in [6.45, 7) is 4.64. The van der Waals surface area contributed by atoms with Crippen molar-refractivity contribution in [3.8, 4) is 0 Å². The number of nitrogens with two attached hydrogens (primary N) is 1. The molecule has 3 rings (SSSR count). The summed E-state index contributed by atoms with van der Waals surface area (Å²) < 4.78 is 1.93. The molecular weight excluding hydrogens is 252 g/mol. The van der Waals surface area contributed by atoms with E-state index in [4.69, 9.17) is 5.84 Å². The second kappa shape index (κ2) is 5.28. The van der Waals surface area contributed by atoms with Crippen LogP contribution in [0.15, 0.2) is 18.6 Å². The fourth-order valence-corrected chi connectivity index (χ4v) is 3.06. The molecule has 0 aromatic carbocycles. The molecule has 6 heteroatoms. The Bertz CT molecular complexity index is 592. The van der Waals surface area contributed by atoms with E-state index in [2.05, 4.69) is 34.6 Å². The van der Waals surface area contributed by atoms with Gasteiger partial charge < -0.3 is 15.1 Å². The van der Waals surface area contributed by atoms with E-state index in [-0.39, 0.29) is 0 Å². The van der Waals surface area contributed by atoms with Crippen LogP contribution in [0.3, 0.4) is 0 Å². The molecule has 1 aliphatic rings. The van der Waals surface area contributed by atoms with E-state index in [0.29, 0.717) is 17.8 Å². The number of fused-ring (bicyclic) bond motifs is 1. The summed E-state index contributed by atoms with van der Waals surface area (Å²) in [5.74, 6) is 8.30. The van der Waals surface area contributed by atoms with Crippen molar-refractivity contribution in [3.63, 3.8) is 0 Å². The fraction of sp³-hybridized carbons (Fsp3) is 0.571. The van der Waals surface area contributed by atoms with Crippen molar-refractivity contribution >= 4 is 17.3 Å². The third-order valence-electron chi connectivity index (χ3n) is 4.55. The minimum absolute atomic E-state index is 0.444. The third kappa shape index (κ3) is 2.31. The van der Waals surface area contributed by atoms with Gasteiger partial charge in [0.2, 0.25) is 0 Å². The minimum atomic E-state index is 0.444. The maximum absolute atomic E-state index is 5.49. The van der Waals surface area contributed by atoms with Gasteiger partial charge in [0.1, 0.15) is 0 Å². The fourth-order valence-electron chi connectivity index (χ4n) is 3.06. The SMILES string of the molecule is CC1CCCC(Nc2nc(NN)cn3ccnc23)C1C. The summed E-state index contributed by atoms with van der Waals surface area (Å²) in [6.07, 6.45) is 9.27. The molecular formula is C14H22N6. The van der Waals surface area contributed by atoms with Crippen LogP contribution in [-0.4, -0.2) is 20.4 Å². The number of nitrogens with one attached hydrogen (secondary N) is 2. The van der Waals surface area contributed by atoms with E-state index >= 15 is 0 Å². The maximum Gasteiger partial charge on any atom is 0.180 e. The molecule has 0 radical (unpaired) electrons. The average molecular weight is 274 g/mol. The first-order valence-electron chi connectivity index (χ1n) is 7.26. The van der Waals surface area contributed by atoms with Gasteiger partial charge in [-0.15, -0.1) is 0 Å². The summed E-state index contributed by atoms with van der Waals surface area (Å²) in [6, 6.07) is 0.444. The predicted molar refractivity (Wildman–Crippen MR) is 80.4 cm³/mol. The Balaban J connectivity index is 1.91. The first-order chi connectivity index (χ1) is 9.69. The Morgan fingerprint density at radius 1 is 1.35 bits per heavy atom. The Morgan fingerprint density at radius 2 is 2.20 bits per heavy atom. The number of hydrazine groups is 1. The number of imidazole rings is 1. The van der Waals surface area contributed by atoms with E-state index in [1.807, 2.05) is 16.8 Å². The van der Waals surface area contributed by atoms with E-state index < -0.39 is 0 Å². The van der Waals surface area contributed by atoms with E-state index in [1.54, 1.807) is 6.20 Å². The molecule has 1 aliphatic carbocycles. The van der Waals surface area contributed by atoms with Crippen LogP contribution in [0, 0.1) is 11.8 Å². The molecule has 20 heavy (non-hydrogen) atoms. The Hall–Kier alpha value is -1.82. The Labute approximate surface area is 118 Å². The highest BCUT2D eigenvalue weighted by Gasteiger charge is 2.27. The zero-order valence-corrected chi connectivity index (χ0v) is 12.0. The summed E-state index contributed by atoms with van der Waals surface area (Å²) in [7, 11) is 0. The monoisotopic (exact) mass is 274 g/mol. The molecule has 2 aromatic heterocycles. The quantitative estimate of drug-likeness (QED) is 0.591. The number of aromatic nitrogens is 3. The zero-order valence-electron chi connectivity index (χ0n) is 12.0. The normalized spacial score (nSPS) is 26.6. The molecule has 1 saturated carbocycles. The number of hydrogen-bond donors (Lipinski definition) is 3. The summed E-state index contributed by atoms with van der Waals surface area (Å²) in [5.41, 5.74) is 3.45. The highest BCUT2D eigenvalue weighted by molar-refractivity contribution is 5.65. The topological polar surface area (TPSA) is 80.3 Å². The second-order valence-electron chi connectivity index (χ2n) is 5.80. The van der Waals surface area contributed by atoms with Crippen LogP contribution in [0.5, 0.6) is 0 Å². The highest BCUT2D eigenvalue weighted by Crippen LogP contribution is 2.32. The van der Waals surface area contributed by atoms with Gasteiger partial charge in [0.25, 0.3) is 0 Å². The van der Waals surface area contributed by atoms with Gasteiger partial charge in [-0.3, -0.25) is 0 Å². The summed E-state index contributed by atoms with van der Waals surface area (Å²) >= 11 is 0. The first kappa shape index (κ1) is 13.2. The van der Waals surface area contributed by atoms with Gasteiger partial charge in [-0.1, -0.05) is 26.7 Å². The van der Waals surface area contributed by atoms with Crippen LogP contribution >= 0.6 is 0 Å². The van der Waals surface area contributed by atoms with Crippen LogP contribution in [0.1, 0.15) is 33.1 Å². The van der Waals surface area contributed by atoms with Gasteiger partial charge in [0.15, 0.2) is 17.3 Å². The van der Waals surface area contributed by atoms with Crippen LogP contribution in [0.25, 0.3) is 5.65 Å².